The highest BCUT2D eigenvalue weighted by Crippen LogP contribution is 2.40. The molecule has 9 atom stereocenters. The molecule has 0 aromatic carbocycles. The van der Waals surface area contributed by atoms with Crippen molar-refractivity contribution in [2.45, 2.75) is 113 Å². The zero-order valence-corrected chi connectivity index (χ0v) is 17.8. The van der Waals surface area contributed by atoms with E-state index in [0.29, 0.717) is 36.6 Å². The molecule has 0 amide bonds. The van der Waals surface area contributed by atoms with Gasteiger partial charge < -0.3 is 15.2 Å². The van der Waals surface area contributed by atoms with Gasteiger partial charge in [0.2, 0.25) is 0 Å². The fourth-order valence-corrected chi connectivity index (χ4v) is 5.93. The third-order valence-corrected chi connectivity index (χ3v) is 7.97. The Balaban J connectivity index is 0.877. The minimum atomic E-state index is 0.266. The average Bonchev–Trinajstić information content (AvgIpc) is 3.62. The first-order valence-electron chi connectivity index (χ1n) is 12.3. The summed E-state index contributed by atoms with van der Waals surface area (Å²) in [5.74, 6) is 1.57. The van der Waals surface area contributed by atoms with E-state index in [1.807, 2.05) is 0 Å². The Bertz CT molecular complexity index is 537. The van der Waals surface area contributed by atoms with Gasteiger partial charge >= 0.3 is 0 Å². The molecular formula is C22H41N5O2. The molecule has 3 saturated heterocycles. The summed E-state index contributed by atoms with van der Waals surface area (Å²) in [6.07, 6.45) is 15.3. The number of unbranched alkanes of at least 4 members (excludes halogenated alkanes) is 2. The van der Waals surface area contributed by atoms with Crippen molar-refractivity contribution in [1.82, 2.24) is 21.5 Å². The van der Waals surface area contributed by atoms with Crippen LogP contribution in [0.2, 0.25) is 0 Å². The number of fused-ring (bicyclic) bond motifs is 1. The lowest BCUT2D eigenvalue weighted by atomic mass is 9.78. The van der Waals surface area contributed by atoms with Gasteiger partial charge in [-0.05, 0) is 63.3 Å². The second-order valence-electron chi connectivity index (χ2n) is 10.1. The highest BCUT2D eigenvalue weighted by atomic mass is 16.6. The number of rotatable bonds is 10. The van der Waals surface area contributed by atoms with E-state index in [-0.39, 0.29) is 6.23 Å². The number of hydrogen-bond acceptors (Lipinski definition) is 7. The van der Waals surface area contributed by atoms with Crippen LogP contribution >= 0.6 is 0 Å². The zero-order chi connectivity index (χ0) is 19.6. The van der Waals surface area contributed by atoms with Gasteiger partial charge in [-0.1, -0.05) is 25.7 Å². The van der Waals surface area contributed by atoms with Crippen molar-refractivity contribution in [2.75, 3.05) is 13.1 Å². The lowest BCUT2D eigenvalue weighted by molar-refractivity contribution is 0.207. The molecule has 5 fully saturated rings. The molecular weight excluding hydrogens is 366 g/mol. The number of ether oxygens (including phenoxy) is 2. The van der Waals surface area contributed by atoms with Crippen LogP contribution < -0.4 is 27.2 Å². The Morgan fingerprint density at radius 3 is 2.76 bits per heavy atom. The molecule has 0 aromatic heterocycles. The summed E-state index contributed by atoms with van der Waals surface area (Å²) in [4.78, 5) is 0. The summed E-state index contributed by atoms with van der Waals surface area (Å²) >= 11 is 0. The summed E-state index contributed by atoms with van der Waals surface area (Å²) in [7, 11) is 0. The summed E-state index contributed by atoms with van der Waals surface area (Å²) < 4.78 is 11.8. The van der Waals surface area contributed by atoms with E-state index in [9.17, 15) is 0 Å². The molecule has 5 aliphatic rings. The Morgan fingerprint density at radius 1 is 0.931 bits per heavy atom. The summed E-state index contributed by atoms with van der Waals surface area (Å²) in [6.45, 7) is 2.21. The van der Waals surface area contributed by atoms with Crippen LogP contribution in [0.1, 0.15) is 70.6 Å². The highest BCUT2D eigenvalue weighted by molar-refractivity contribution is 4.97. The van der Waals surface area contributed by atoms with Crippen LogP contribution in [0.25, 0.3) is 0 Å². The molecule has 0 radical (unpaired) electrons. The van der Waals surface area contributed by atoms with Crippen LogP contribution in [0.5, 0.6) is 0 Å². The quantitative estimate of drug-likeness (QED) is 0.275. The first-order valence-corrected chi connectivity index (χ1v) is 12.3. The van der Waals surface area contributed by atoms with Gasteiger partial charge in [0.15, 0.2) is 0 Å². The number of nitrogens with one attached hydrogen (secondary N) is 4. The van der Waals surface area contributed by atoms with E-state index in [0.717, 1.165) is 31.3 Å². The number of hydrazine groups is 1. The van der Waals surface area contributed by atoms with Gasteiger partial charge in [-0.3, -0.25) is 21.5 Å². The van der Waals surface area contributed by atoms with Gasteiger partial charge in [0.05, 0.1) is 6.10 Å². The Kier molecular flexibility index (Phi) is 6.73. The molecule has 0 spiro atoms. The normalized spacial score (nSPS) is 46.4. The molecule has 5 rings (SSSR count). The van der Waals surface area contributed by atoms with E-state index in [1.165, 1.54) is 64.2 Å². The fourth-order valence-electron chi connectivity index (χ4n) is 5.93. The van der Waals surface area contributed by atoms with Crippen LogP contribution in [0, 0.1) is 11.8 Å². The third-order valence-electron chi connectivity index (χ3n) is 7.97. The summed E-state index contributed by atoms with van der Waals surface area (Å²) in [5, 5.41) is 7.25. The van der Waals surface area contributed by atoms with E-state index in [1.54, 1.807) is 0 Å². The minimum Gasteiger partial charge on any atom is -0.353 e. The molecule has 7 nitrogen and oxygen atoms in total. The second-order valence-corrected chi connectivity index (χ2v) is 10.1. The zero-order valence-electron chi connectivity index (χ0n) is 17.8. The van der Waals surface area contributed by atoms with E-state index in [2.05, 4.69) is 21.5 Å². The molecule has 2 aliphatic carbocycles. The largest absolute Gasteiger partial charge is 0.353 e. The first kappa shape index (κ1) is 20.6. The smallest absolute Gasteiger partial charge is 0.135 e. The van der Waals surface area contributed by atoms with Crippen molar-refractivity contribution >= 4 is 0 Å². The molecule has 3 aliphatic heterocycles. The first-order chi connectivity index (χ1) is 14.3. The second kappa shape index (κ2) is 9.47. The molecule has 9 unspecified atom stereocenters. The van der Waals surface area contributed by atoms with Crippen molar-refractivity contribution in [1.29, 1.82) is 0 Å². The van der Waals surface area contributed by atoms with Gasteiger partial charge in [-0.15, -0.1) is 0 Å². The van der Waals surface area contributed by atoms with Crippen LogP contribution in [0.15, 0.2) is 0 Å². The van der Waals surface area contributed by atoms with Crippen LogP contribution in [-0.2, 0) is 9.47 Å². The topological polar surface area (TPSA) is 99.2 Å². The summed E-state index contributed by atoms with van der Waals surface area (Å²) in [5.41, 5.74) is 13.0. The van der Waals surface area contributed by atoms with Gasteiger partial charge in [0.25, 0.3) is 0 Å². The maximum absolute atomic E-state index is 6.22. The number of hydrogen-bond donors (Lipinski definition) is 5. The van der Waals surface area contributed by atoms with Gasteiger partial charge in [-0.2, -0.15) is 0 Å². The molecule has 3 heterocycles. The monoisotopic (exact) mass is 407 g/mol. The molecule has 6 N–H and O–H groups in total. The standard InChI is InChI=1S/C22H41N5O2/c23-16-6-3-4-7-17(16)26-21-19(28-21)8-2-1-5-11-24-22-20(29-22)14-9-10-15-13-25-27-18(15)12-14/h14-22,24-27H,1-13,23H2. The van der Waals surface area contributed by atoms with Crippen LogP contribution in [0.3, 0.4) is 0 Å². The van der Waals surface area contributed by atoms with Gasteiger partial charge in [0.1, 0.15) is 18.6 Å². The van der Waals surface area contributed by atoms with Crippen molar-refractivity contribution in [3.8, 4) is 0 Å². The van der Waals surface area contributed by atoms with E-state index < -0.39 is 0 Å². The number of epoxide rings is 2. The Hall–Kier alpha value is -0.280. The Morgan fingerprint density at radius 2 is 1.83 bits per heavy atom. The van der Waals surface area contributed by atoms with Crippen LogP contribution in [-0.4, -0.2) is 55.9 Å². The third kappa shape index (κ3) is 5.32. The number of nitrogens with two attached hydrogens (primary N) is 1. The highest BCUT2D eigenvalue weighted by Gasteiger charge is 2.48. The maximum atomic E-state index is 6.22. The van der Waals surface area contributed by atoms with Crippen molar-refractivity contribution < 1.29 is 9.47 Å². The molecule has 0 bridgehead atoms. The van der Waals surface area contributed by atoms with Crippen molar-refractivity contribution in [2.24, 2.45) is 17.6 Å². The Labute approximate surface area is 175 Å². The average molecular weight is 408 g/mol. The lowest BCUT2D eigenvalue weighted by Crippen LogP contribution is -2.48. The van der Waals surface area contributed by atoms with Gasteiger partial charge in [-0.25, -0.2) is 0 Å². The van der Waals surface area contributed by atoms with E-state index >= 15 is 0 Å². The van der Waals surface area contributed by atoms with Crippen LogP contribution in [0.4, 0.5) is 0 Å². The molecule has 2 saturated carbocycles. The van der Waals surface area contributed by atoms with Crippen molar-refractivity contribution in [3.05, 3.63) is 0 Å². The molecule has 166 valence electrons. The lowest BCUT2D eigenvalue weighted by Gasteiger charge is -2.29. The molecule has 29 heavy (non-hydrogen) atoms. The van der Waals surface area contributed by atoms with Crippen molar-refractivity contribution in [3.63, 3.8) is 0 Å². The van der Waals surface area contributed by atoms with E-state index in [4.69, 9.17) is 15.2 Å². The molecule has 0 aromatic rings. The SMILES string of the molecule is NC1CCCCC1NC1OC1CCCCCNC1OC1C1CCC2CNNC2C1. The van der Waals surface area contributed by atoms with Gasteiger partial charge in [0, 0.05) is 24.7 Å². The summed E-state index contributed by atoms with van der Waals surface area (Å²) in [6, 6.07) is 1.44. The minimum absolute atomic E-state index is 0.266. The predicted octanol–water partition coefficient (Wildman–Crippen LogP) is 1.34. The predicted molar refractivity (Wildman–Crippen MR) is 113 cm³/mol. The fraction of sp³-hybridized carbons (Fsp3) is 1.00. The molecule has 7 heteroatoms. The maximum Gasteiger partial charge on any atom is 0.135 e.